The van der Waals surface area contributed by atoms with Gasteiger partial charge in [0.1, 0.15) is 5.82 Å². The number of halogens is 3. The van der Waals surface area contributed by atoms with E-state index in [0.717, 1.165) is 0 Å². The van der Waals surface area contributed by atoms with Crippen molar-refractivity contribution in [2.75, 3.05) is 11.9 Å². The van der Waals surface area contributed by atoms with Crippen molar-refractivity contribution in [3.63, 3.8) is 0 Å². The Morgan fingerprint density at radius 3 is 2.66 bits per heavy atom. The summed E-state index contributed by atoms with van der Waals surface area (Å²) in [4.78, 5) is 27.8. The molecule has 0 aliphatic carbocycles. The number of amides is 1. The van der Waals surface area contributed by atoms with Gasteiger partial charge in [0, 0.05) is 17.0 Å². The van der Waals surface area contributed by atoms with Crippen LogP contribution in [-0.2, 0) is 20.7 Å². The third kappa shape index (κ3) is 6.00. The topological polar surface area (TPSA) is 94.3 Å². The molecule has 1 aromatic heterocycles. The van der Waals surface area contributed by atoms with Gasteiger partial charge >= 0.3 is 5.97 Å². The van der Waals surface area contributed by atoms with E-state index >= 15 is 0 Å². The molecule has 0 saturated heterocycles. The van der Waals surface area contributed by atoms with Crippen molar-refractivity contribution in [1.82, 2.24) is 10.1 Å². The molecule has 7 nitrogen and oxygen atoms in total. The molecular weight excluding hydrogens is 424 g/mol. The van der Waals surface area contributed by atoms with Crippen LogP contribution in [-0.4, -0.2) is 28.6 Å². The largest absolute Gasteiger partial charge is 0.456 e. The van der Waals surface area contributed by atoms with Crippen LogP contribution in [0.15, 0.2) is 47.0 Å². The fraction of sp³-hybridized carbons (Fsp3) is 0.158. The van der Waals surface area contributed by atoms with Crippen molar-refractivity contribution in [2.24, 2.45) is 0 Å². The minimum absolute atomic E-state index is 0.0593. The van der Waals surface area contributed by atoms with Crippen molar-refractivity contribution in [3.8, 4) is 11.4 Å². The third-order valence-corrected chi connectivity index (χ3v) is 4.24. The number of carbonyl (C=O) groups excluding carboxylic acids is 2. The Hall–Kier alpha value is -2.97. The number of esters is 1. The van der Waals surface area contributed by atoms with Crippen LogP contribution in [0.25, 0.3) is 11.4 Å². The van der Waals surface area contributed by atoms with Crippen LogP contribution < -0.4 is 5.32 Å². The quantitative estimate of drug-likeness (QED) is 0.553. The van der Waals surface area contributed by atoms with Gasteiger partial charge in [-0.05, 0) is 42.5 Å². The van der Waals surface area contributed by atoms with Crippen molar-refractivity contribution in [1.29, 1.82) is 0 Å². The number of rotatable bonds is 7. The highest BCUT2D eigenvalue weighted by Gasteiger charge is 2.13. The van der Waals surface area contributed by atoms with Crippen LogP contribution in [0.4, 0.5) is 10.1 Å². The second kappa shape index (κ2) is 9.49. The fourth-order valence-electron chi connectivity index (χ4n) is 2.28. The normalized spacial score (nSPS) is 10.6. The Bertz CT molecular complexity index is 1020. The van der Waals surface area contributed by atoms with Gasteiger partial charge in [-0.2, -0.15) is 4.98 Å². The van der Waals surface area contributed by atoms with Gasteiger partial charge < -0.3 is 14.6 Å². The molecule has 0 bridgehead atoms. The maximum absolute atomic E-state index is 12.9. The van der Waals surface area contributed by atoms with E-state index in [1.54, 1.807) is 6.07 Å². The molecule has 0 aliphatic heterocycles. The van der Waals surface area contributed by atoms with E-state index in [2.05, 4.69) is 15.5 Å². The van der Waals surface area contributed by atoms with Crippen LogP contribution in [0.2, 0.25) is 10.0 Å². The number of carbonyl (C=O) groups is 2. The predicted octanol–water partition coefficient (Wildman–Crippen LogP) is 4.30. The lowest BCUT2D eigenvalue weighted by molar-refractivity contribution is -0.147. The zero-order chi connectivity index (χ0) is 20.8. The second-order valence-electron chi connectivity index (χ2n) is 5.85. The van der Waals surface area contributed by atoms with Gasteiger partial charge in [0.25, 0.3) is 5.91 Å². The molecule has 29 heavy (non-hydrogen) atoms. The average Bonchev–Trinajstić information content (AvgIpc) is 3.17. The highest BCUT2D eigenvalue weighted by Crippen LogP contribution is 2.25. The lowest BCUT2D eigenvalue weighted by atomic mass is 10.2. The molecule has 0 radical (unpaired) electrons. The molecule has 0 aliphatic rings. The number of anilines is 1. The highest BCUT2D eigenvalue weighted by atomic mass is 35.5. The van der Waals surface area contributed by atoms with E-state index in [9.17, 15) is 14.0 Å². The summed E-state index contributed by atoms with van der Waals surface area (Å²) in [5, 5.41) is 7.00. The summed E-state index contributed by atoms with van der Waals surface area (Å²) in [6.45, 7) is -0.480. The number of nitrogens with one attached hydrogen (secondary N) is 1. The first-order valence-electron chi connectivity index (χ1n) is 8.40. The molecule has 1 amide bonds. The van der Waals surface area contributed by atoms with Crippen molar-refractivity contribution in [3.05, 3.63) is 64.2 Å². The number of aryl methyl sites for hydroxylation is 1. The first-order chi connectivity index (χ1) is 13.9. The second-order valence-corrected chi connectivity index (χ2v) is 6.70. The Labute approximate surface area is 174 Å². The van der Waals surface area contributed by atoms with Crippen LogP contribution in [0.1, 0.15) is 12.3 Å². The molecule has 0 spiro atoms. The molecule has 1 heterocycles. The summed E-state index contributed by atoms with van der Waals surface area (Å²) >= 11 is 11.8. The summed E-state index contributed by atoms with van der Waals surface area (Å²) in [5.41, 5.74) is 0.903. The molecular formula is C19H14Cl2FN3O4. The third-order valence-electron chi connectivity index (χ3n) is 3.68. The summed E-state index contributed by atoms with van der Waals surface area (Å²) in [6, 6.07) is 10.2. The molecule has 2 aromatic carbocycles. The standard InChI is InChI=1S/C19H14Cl2FN3O4/c20-12-3-6-14(21)15(9-12)23-16(26)10-28-18(27)8-7-17-24-19(25-29-17)11-1-4-13(22)5-2-11/h1-6,9H,7-8,10H2,(H,23,26). The monoisotopic (exact) mass is 437 g/mol. The maximum atomic E-state index is 12.9. The van der Waals surface area contributed by atoms with Crippen molar-refractivity contribution < 1.29 is 23.2 Å². The van der Waals surface area contributed by atoms with E-state index in [1.165, 1.54) is 36.4 Å². The summed E-state index contributed by atoms with van der Waals surface area (Å²) in [5.74, 6) is -1.04. The first-order valence-corrected chi connectivity index (χ1v) is 9.15. The van der Waals surface area contributed by atoms with Gasteiger partial charge in [0.15, 0.2) is 6.61 Å². The van der Waals surface area contributed by atoms with Gasteiger partial charge in [-0.1, -0.05) is 28.4 Å². The first kappa shape index (κ1) is 20.8. The van der Waals surface area contributed by atoms with Crippen LogP contribution >= 0.6 is 23.2 Å². The molecule has 1 N–H and O–H groups in total. The predicted molar refractivity (Wildman–Crippen MR) is 104 cm³/mol. The molecule has 0 saturated carbocycles. The molecule has 0 atom stereocenters. The Morgan fingerprint density at radius 1 is 1.14 bits per heavy atom. The SMILES string of the molecule is O=C(COC(=O)CCc1nc(-c2ccc(F)cc2)no1)Nc1cc(Cl)ccc1Cl. The summed E-state index contributed by atoms with van der Waals surface area (Å²) in [7, 11) is 0. The van der Waals surface area contributed by atoms with Gasteiger partial charge in [-0.3, -0.25) is 9.59 Å². The van der Waals surface area contributed by atoms with Gasteiger partial charge in [-0.15, -0.1) is 0 Å². The van der Waals surface area contributed by atoms with E-state index in [0.29, 0.717) is 21.3 Å². The lowest BCUT2D eigenvalue weighted by Gasteiger charge is -2.08. The molecule has 0 fully saturated rings. The number of hydrogen-bond acceptors (Lipinski definition) is 6. The summed E-state index contributed by atoms with van der Waals surface area (Å²) in [6.07, 6.45) is 0.0744. The van der Waals surface area contributed by atoms with E-state index in [-0.39, 0.29) is 30.4 Å². The molecule has 10 heteroatoms. The zero-order valence-electron chi connectivity index (χ0n) is 14.8. The Kier molecular flexibility index (Phi) is 6.79. The Morgan fingerprint density at radius 2 is 1.90 bits per heavy atom. The lowest BCUT2D eigenvalue weighted by Crippen LogP contribution is -2.21. The van der Waals surface area contributed by atoms with Gasteiger partial charge in [0.2, 0.25) is 11.7 Å². The summed E-state index contributed by atoms with van der Waals surface area (Å²) < 4.78 is 22.9. The fourth-order valence-corrected chi connectivity index (χ4v) is 2.62. The van der Waals surface area contributed by atoms with E-state index in [4.69, 9.17) is 32.5 Å². The molecule has 3 rings (SSSR count). The van der Waals surface area contributed by atoms with E-state index < -0.39 is 18.5 Å². The van der Waals surface area contributed by atoms with E-state index in [1.807, 2.05) is 0 Å². The highest BCUT2D eigenvalue weighted by molar-refractivity contribution is 6.35. The number of ether oxygens (including phenoxy) is 1. The van der Waals surface area contributed by atoms with Gasteiger partial charge in [0.05, 0.1) is 17.1 Å². The smallest absolute Gasteiger partial charge is 0.306 e. The minimum Gasteiger partial charge on any atom is -0.456 e. The maximum Gasteiger partial charge on any atom is 0.306 e. The molecule has 3 aromatic rings. The molecule has 0 unspecified atom stereocenters. The number of aromatic nitrogens is 2. The van der Waals surface area contributed by atoms with Gasteiger partial charge in [-0.25, -0.2) is 4.39 Å². The minimum atomic E-state index is -0.612. The van der Waals surface area contributed by atoms with Crippen LogP contribution in [0, 0.1) is 5.82 Å². The number of benzene rings is 2. The van der Waals surface area contributed by atoms with Crippen LogP contribution in [0.5, 0.6) is 0 Å². The number of nitrogens with zero attached hydrogens (tertiary/aromatic N) is 2. The van der Waals surface area contributed by atoms with Crippen molar-refractivity contribution in [2.45, 2.75) is 12.8 Å². The van der Waals surface area contributed by atoms with Crippen molar-refractivity contribution >= 4 is 40.8 Å². The average molecular weight is 438 g/mol. The van der Waals surface area contributed by atoms with Crippen LogP contribution in [0.3, 0.4) is 0 Å². The zero-order valence-corrected chi connectivity index (χ0v) is 16.3. The Balaban J connectivity index is 1.45. The number of hydrogen-bond donors (Lipinski definition) is 1. The molecule has 150 valence electrons.